The Morgan fingerprint density at radius 2 is 2.31 bits per heavy atom. The zero-order valence-corrected chi connectivity index (χ0v) is 10.7. The van der Waals surface area contributed by atoms with Gasteiger partial charge in [-0.1, -0.05) is 0 Å². The molecule has 16 heavy (non-hydrogen) atoms. The van der Waals surface area contributed by atoms with Crippen molar-refractivity contribution in [1.29, 1.82) is 0 Å². The zero-order chi connectivity index (χ0) is 11.5. The van der Waals surface area contributed by atoms with Gasteiger partial charge in [-0.25, -0.2) is 4.98 Å². The molecule has 86 valence electrons. The molecule has 1 aliphatic rings. The number of halogens is 1. The van der Waals surface area contributed by atoms with Gasteiger partial charge >= 0.3 is 0 Å². The van der Waals surface area contributed by atoms with E-state index in [0.29, 0.717) is 12.4 Å². The van der Waals surface area contributed by atoms with E-state index in [-0.39, 0.29) is 11.8 Å². The van der Waals surface area contributed by atoms with Crippen molar-refractivity contribution in [2.45, 2.75) is 19.4 Å². The fourth-order valence-corrected chi connectivity index (χ4v) is 1.78. The van der Waals surface area contributed by atoms with Crippen molar-refractivity contribution in [3.63, 3.8) is 0 Å². The predicted octanol–water partition coefficient (Wildman–Crippen LogP) is 1.91. The first-order valence-corrected chi connectivity index (χ1v) is 6.11. The number of nitrogens with one attached hydrogen (secondary N) is 2. The second-order valence-corrected chi connectivity index (χ2v) is 4.77. The summed E-state index contributed by atoms with van der Waals surface area (Å²) in [5, 5.41) is 5.87. The second-order valence-electron chi connectivity index (χ2n) is 3.92. The van der Waals surface area contributed by atoms with Crippen LogP contribution < -0.4 is 10.6 Å². The molecule has 0 aliphatic heterocycles. The highest BCUT2D eigenvalue weighted by Crippen LogP contribution is 2.30. The number of aromatic nitrogens is 1. The Morgan fingerprint density at radius 1 is 1.56 bits per heavy atom. The summed E-state index contributed by atoms with van der Waals surface area (Å²) in [7, 11) is 1.86. The van der Waals surface area contributed by atoms with E-state index in [4.69, 9.17) is 0 Å². The molecule has 5 heteroatoms. The molecule has 0 unspecified atom stereocenters. The van der Waals surface area contributed by atoms with Gasteiger partial charge in [-0.3, -0.25) is 4.79 Å². The quantitative estimate of drug-likeness (QED) is 0.888. The van der Waals surface area contributed by atoms with E-state index < -0.39 is 0 Å². The molecule has 1 fully saturated rings. The van der Waals surface area contributed by atoms with Crippen LogP contribution in [0.25, 0.3) is 0 Å². The maximum atomic E-state index is 11.6. The SMILES string of the molecule is CNCc1nc(NC(=O)C2CC2)ccc1Br. The van der Waals surface area contributed by atoms with Gasteiger partial charge in [0.15, 0.2) is 0 Å². The van der Waals surface area contributed by atoms with Crippen molar-refractivity contribution >= 4 is 27.7 Å². The zero-order valence-electron chi connectivity index (χ0n) is 9.09. The monoisotopic (exact) mass is 283 g/mol. The molecule has 1 aliphatic carbocycles. The predicted molar refractivity (Wildman–Crippen MR) is 66.1 cm³/mol. The molecular formula is C11H14BrN3O. The molecule has 1 aromatic heterocycles. The molecular weight excluding hydrogens is 270 g/mol. The lowest BCUT2D eigenvalue weighted by atomic mass is 10.3. The van der Waals surface area contributed by atoms with Crippen LogP contribution in [-0.4, -0.2) is 17.9 Å². The summed E-state index contributed by atoms with van der Waals surface area (Å²) in [5.74, 6) is 0.925. The Hall–Kier alpha value is -0.940. The summed E-state index contributed by atoms with van der Waals surface area (Å²) in [4.78, 5) is 15.9. The highest BCUT2D eigenvalue weighted by molar-refractivity contribution is 9.10. The Morgan fingerprint density at radius 3 is 2.94 bits per heavy atom. The number of rotatable bonds is 4. The van der Waals surface area contributed by atoms with Gasteiger partial charge in [-0.2, -0.15) is 0 Å². The van der Waals surface area contributed by atoms with Crippen LogP contribution in [-0.2, 0) is 11.3 Å². The molecule has 0 bridgehead atoms. The standard InChI is InChI=1S/C11H14BrN3O/c1-13-6-9-8(12)4-5-10(14-9)15-11(16)7-2-3-7/h4-5,7,13H,2-3,6H2,1H3,(H,14,15,16). The fraction of sp³-hybridized carbons (Fsp3) is 0.455. The first-order chi connectivity index (χ1) is 7.70. The third-order valence-corrected chi connectivity index (χ3v) is 3.18. The van der Waals surface area contributed by atoms with E-state index in [2.05, 4.69) is 31.5 Å². The van der Waals surface area contributed by atoms with Crippen LogP contribution in [0.5, 0.6) is 0 Å². The van der Waals surface area contributed by atoms with Crippen LogP contribution in [0.1, 0.15) is 18.5 Å². The Balaban J connectivity index is 2.08. The van der Waals surface area contributed by atoms with Gasteiger partial charge in [-0.15, -0.1) is 0 Å². The van der Waals surface area contributed by atoms with Crippen LogP contribution in [0.3, 0.4) is 0 Å². The lowest BCUT2D eigenvalue weighted by molar-refractivity contribution is -0.117. The highest BCUT2D eigenvalue weighted by atomic mass is 79.9. The average molecular weight is 284 g/mol. The lowest BCUT2D eigenvalue weighted by Crippen LogP contribution is -2.16. The molecule has 2 rings (SSSR count). The third kappa shape index (κ3) is 2.80. The van der Waals surface area contributed by atoms with E-state index in [1.807, 2.05) is 19.2 Å². The number of nitrogens with zero attached hydrogens (tertiary/aromatic N) is 1. The average Bonchev–Trinajstić information content (AvgIpc) is 3.07. The highest BCUT2D eigenvalue weighted by Gasteiger charge is 2.29. The van der Waals surface area contributed by atoms with Crippen LogP contribution >= 0.6 is 15.9 Å². The van der Waals surface area contributed by atoms with Crippen LogP contribution in [0.2, 0.25) is 0 Å². The van der Waals surface area contributed by atoms with Gasteiger partial charge in [-0.05, 0) is 48.0 Å². The topological polar surface area (TPSA) is 54.0 Å². The normalized spacial score (nSPS) is 14.9. The van der Waals surface area contributed by atoms with Crippen LogP contribution in [0.4, 0.5) is 5.82 Å². The van der Waals surface area contributed by atoms with Crippen molar-refractivity contribution in [3.8, 4) is 0 Å². The number of pyridine rings is 1. The fourth-order valence-electron chi connectivity index (χ4n) is 1.42. The van der Waals surface area contributed by atoms with E-state index in [0.717, 1.165) is 23.0 Å². The molecule has 1 amide bonds. The minimum atomic E-state index is 0.0882. The van der Waals surface area contributed by atoms with Crippen molar-refractivity contribution < 1.29 is 4.79 Å². The summed E-state index contributed by atoms with van der Waals surface area (Å²) in [6.07, 6.45) is 2.01. The summed E-state index contributed by atoms with van der Waals surface area (Å²) >= 11 is 3.42. The molecule has 2 N–H and O–H groups in total. The molecule has 0 saturated heterocycles. The largest absolute Gasteiger partial charge is 0.314 e. The molecule has 1 saturated carbocycles. The summed E-state index contributed by atoms with van der Waals surface area (Å²) in [5.41, 5.74) is 0.899. The molecule has 0 radical (unpaired) electrons. The van der Waals surface area contributed by atoms with E-state index in [9.17, 15) is 4.79 Å². The smallest absolute Gasteiger partial charge is 0.228 e. The Kier molecular flexibility index (Phi) is 3.56. The van der Waals surface area contributed by atoms with E-state index in [1.54, 1.807) is 0 Å². The number of carbonyl (C=O) groups is 1. The first-order valence-electron chi connectivity index (χ1n) is 5.31. The lowest BCUT2D eigenvalue weighted by Gasteiger charge is -2.07. The van der Waals surface area contributed by atoms with Gasteiger partial charge in [0.1, 0.15) is 5.82 Å². The van der Waals surface area contributed by atoms with Crippen LogP contribution in [0.15, 0.2) is 16.6 Å². The van der Waals surface area contributed by atoms with Crippen molar-refractivity contribution in [2.75, 3.05) is 12.4 Å². The van der Waals surface area contributed by atoms with Gasteiger partial charge in [0.25, 0.3) is 0 Å². The van der Waals surface area contributed by atoms with Gasteiger partial charge in [0, 0.05) is 16.9 Å². The van der Waals surface area contributed by atoms with Gasteiger partial charge in [0.05, 0.1) is 5.69 Å². The molecule has 0 aromatic carbocycles. The minimum absolute atomic E-state index is 0.0882. The van der Waals surface area contributed by atoms with E-state index >= 15 is 0 Å². The Bertz CT molecular complexity index is 404. The number of hydrogen-bond donors (Lipinski definition) is 2. The maximum Gasteiger partial charge on any atom is 0.228 e. The molecule has 0 spiro atoms. The van der Waals surface area contributed by atoms with Gasteiger partial charge in [0.2, 0.25) is 5.91 Å². The van der Waals surface area contributed by atoms with E-state index in [1.165, 1.54) is 0 Å². The number of amides is 1. The molecule has 0 atom stereocenters. The van der Waals surface area contributed by atoms with Crippen molar-refractivity contribution in [1.82, 2.24) is 10.3 Å². The number of carbonyl (C=O) groups excluding carboxylic acids is 1. The Labute approximate surface area is 103 Å². The second kappa shape index (κ2) is 4.93. The first kappa shape index (κ1) is 11.5. The number of anilines is 1. The van der Waals surface area contributed by atoms with Crippen molar-refractivity contribution in [3.05, 3.63) is 22.3 Å². The third-order valence-electron chi connectivity index (χ3n) is 2.46. The molecule has 1 aromatic rings. The summed E-state index contributed by atoms with van der Waals surface area (Å²) in [6, 6.07) is 3.71. The maximum absolute atomic E-state index is 11.6. The van der Waals surface area contributed by atoms with Crippen molar-refractivity contribution in [2.24, 2.45) is 5.92 Å². The van der Waals surface area contributed by atoms with Gasteiger partial charge < -0.3 is 10.6 Å². The minimum Gasteiger partial charge on any atom is -0.314 e. The molecule has 1 heterocycles. The summed E-state index contributed by atoms with van der Waals surface area (Å²) < 4.78 is 0.950. The molecule has 4 nitrogen and oxygen atoms in total. The number of hydrogen-bond acceptors (Lipinski definition) is 3. The summed E-state index contributed by atoms with van der Waals surface area (Å²) in [6.45, 7) is 0.674. The van der Waals surface area contributed by atoms with Crippen LogP contribution in [0, 0.1) is 5.92 Å².